The van der Waals surface area contributed by atoms with Crippen molar-refractivity contribution in [3.8, 4) is 0 Å². The van der Waals surface area contributed by atoms with E-state index in [1.165, 1.54) is 22.6 Å². The molecule has 4 rings (SSSR count). The number of aromatic nitrogens is 1. The Morgan fingerprint density at radius 3 is 2.63 bits per heavy atom. The van der Waals surface area contributed by atoms with Crippen LogP contribution in [0.2, 0.25) is 0 Å². The van der Waals surface area contributed by atoms with E-state index in [2.05, 4.69) is 41.9 Å². The molecule has 0 fully saturated rings. The van der Waals surface area contributed by atoms with Gasteiger partial charge in [-0.05, 0) is 48.0 Å². The molecule has 8 heteroatoms. The van der Waals surface area contributed by atoms with Gasteiger partial charge in [0.25, 0.3) is 0 Å². The van der Waals surface area contributed by atoms with Crippen molar-refractivity contribution in [3.05, 3.63) is 81.1 Å². The molecule has 0 bridgehead atoms. The molecule has 5 nitrogen and oxygen atoms in total. The molecule has 0 unspecified atom stereocenters. The van der Waals surface area contributed by atoms with E-state index in [0.717, 1.165) is 24.7 Å². The second-order valence-electron chi connectivity index (χ2n) is 5.50. The number of anilines is 1. The zero-order valence-electron chi connectivity index (χ0n) is 13.7. The van der Waals surface area contributed by atoms with Gasteiger partial charge in [-0.25, -0.2) is 4.98 Å². The molecule has 134 valence electrons. The van der Waals surface area contributed by atoms with E-state index in [1.807, 2.05) is 42.5 Å². The molecule has 0 aliphatic carbocycles. The van der Waals surface area contributed by atoms with Crippen molar-refractivity contribution in [2.24, 2.45) is 5.10 Å². The van der Waals surface area contributed by atoms with Gasteiger partial charge in [-0.3, -0.25) is 4.79 Å². The maximum atomic E-state index is 12.9. The number of carbonyl (C=O) groups is 1. The SMILES string of the molecule is O=C(c1ccco1)N(/N=C/c1ccc(Br)cc1)c1nc2ccc(Br)cc2s1. The average molecular weight is 505 g/mol. The van der Waals surface area contributed by atoms with E-state index in [4.69, 9.17) is 4.42 Å². The number of amides is 1. The van der Waals surface area contributed by atoms with Crippen molar-refractivity contribution in [3.63, 3.8) is 0 Å². The monoisotopic (exact) mass is 503 g/mol. The van der Waals surface area contributed by atoms with Crippen molar-refractivity contribution >= 4 is 70.7 Å². The van der Waals surface area contributed by atoms with Crippen LogP contribution in [0.4, 0.5) is 5.13 Å². The highest BCUT2D eigenvalue weighted by Gasteiger charge is 2.23. The number of benzene rings is 2. The first-order valence-corrected chi connectivity index (χ1v) is 10.2. The minimum atomic E-state index is -0.383. The molecule has 4 aromatic rings. The lowest BCUT2D eigenvalue weighted by atomic mass is 10.2. The summed E-state index contributed by atoms with van der Waals surface area (Å²) < 4.78 is 8.13. The number of hydrogen-bond donors (Lipinski definition) is 0. The Hall–Kier alpha value is -2.29. The molecule has 1 amide bonds. The molecule has 0 spiro atoms. The van der Waals surface area contributed by atoms with Crippen LogP contribution >= 0.6 is 43.2 Å². The van der Waals surface area contributed by atoms with Crippen LogP contribution in [0.3, 0.4) is 0 Å². The van der Waals surface area contributed by atoms with Gasteiger partial charge in [-0.15, -0.1) is 0 Å². The number of hydrazone groups is 1. The number of fused-ring (bicyclic) bond motifs is 1. The second-order valence-corrected chi connectivity index (χ2v) is 8.34. The fraction of sp³-hybridized carbons (Fsp3) is 0. The fourth-order valence-electron chi connectivity index (χ4n) is 2.34. The highest BCUT2D eigenvalue weighted by atomic mass is 79.9. The Balaban J connectivity index is 1.74. The van der Waals surface area contributed by atoms with Crippen molar-refractivity contribution in [1.82, 2.24) is 4.98 Å². The van der Waals surface area contributed by atoms with Crippen molar-refractivity contribution < 1.29 is 9.21 Å². The predicted octanol–water partition coefficient (Wildman–Crippen LogP) is 6.10. The van der Waals surface area contributed by atoms with Gasteiger partial charge in [-0.1, -0.05) is 55.3 Å². The summed E-state index contributed by atoms with van der Waals surface area (Å²) in [6.45, 7) is 0. The Bertz CT molecular complexity index is 1120. The van der Waals surface area contributed by atoms with Crippen LogP contribution in [0, 0.1) is 0 Å². The largest absolute Gasteiger partial charge is 0.459 e. The van der Waals surface area contributed by atoms with Gasteiger partial charge in [0.15, 0.2) is 5.76 Å². The number of thiazole rings is 1. The molecule has 27 heavy (non-hydrogen) atoms. The van der Waals surface area contributed by atoms with Crippen LogP contribution < -0.4 is 5.01 Å². The summed E-state index contributed by atoms with van der Waals surface area (Å²) in [5.74, 6) is -0.185. The number of nitrogens with zero attached hydrogens (tertiary/aromatic N) is 3. The Morgan fingerprint density at radius 1 is 1.11 bits per heavy atom. The third kappa shape index (κ3) is 4.02. The first kappa shape index (κ1) is 18.1. The summed E-state index contributed by atoms with van der Waals surface area (Å²) in [6, 6.07) is 16.7. The van der Waals surface area contributed by atoms with Gasteiger partial charge in [0, 0.05) is 8.95 Å². The molecule has 0 N–H and O–H groups in total. The Morgan fingerprint density at radius 2 is 1.89 bits per heavy atom. The van der Waals surface area contributed by atoms with Gasteiger partial charge in [-0.2, -0.15) is 10.1 Å². The fourth-order valence-corrected chi connectivity index (χ4v) is 4.08. The predicted molar refractivity (Wildman–Crippen MR) is 115 cm³/mol. The second kappa shape index (κ2) is 7.75. The third-order valence-corrected chi connectivity index (χ3v) is 5.65. The number of rotatable bonds is 4. The van der Waals surface area contributed by atoms with Crippen LogP contribution in [0.1, 0.15) is 16.1 Å². The molecule has 0 radical (unpaired) electrons. The van der Waals surface area contributed by atoms with Gasteiger partial charge in [0.05, 0.1) is 22.7 Å². The van der Waals surface area contributed by atoms with Gasteiger partial charge >= 0.3 is 5.91 Å². The lowest BCUT2D eigenvalue weighted by Gasteiger charge is -2.11. The molecule has 0 aliphatic rings. The molecule has 0 aliphatic heterocycles. The molecule has 0 saturated heterocycles. The lowest BCUT2D eigenvalue weighted by Crippen LogP contribution is -2.25. The standard InChI is InChI=1S/C19H11Br2N3O2S/c20-13-5-3-12(4-6-13)11-22-24(18(25)16-2-1-9-26-16)19-23-15-8-7-14(21)10-17(15)27-19/h1-11H/b22-11+. The van der Waals surface area contributed by atoms with Crippen molar-refractivity contribution in [2.75, 3.05) is 5.01 Å². The summed E-state index contributed by atoms with van der Waals surface area (Å²) in [5, 5.41) is 6.12. The highest BCUT2D eigenvalue weighted by molar-refractivity contribution is 9.10. The zero-order chi connectivity index (χ0) is 18.8. The Kier molecular flexibility index (Phi) is 5.20. The molecule has 0 atom stereocenters. The summed E-state index contributed by atoms with van der Waals surface area (Å²) >= 11 is 8.24. The Labute approximate surface area is 175 Å². The number of hydrogen-bond acceptors (Lipinski definition) is 5. The quantitative estimate of drug-likeness (QED) is 0.249. The van der Waals surface area contributed by atoms with Crippen molar-refractivity contribution in [2.45, 2.75) is 0 Å². The van der Waals surface area contributed by atoms with E-state index in [1.54, 1.807) is 18.3 Å². The van der Waals surface area contributed by atoms with Crippen LogP contribution in [0.15, 0.2) is 79.3 Å². The van der Waals surface area contributed by atoms with E-state index in [9.17, 15) is 4.79 Å². The number of furan rings is 1. The summed E-state index contributed by atoms with van der Waals surface area (Å²) in [6.07, 6.45) is 3.08. The molecular formula is C19H11Br2N3O2S. The molecule has 0 saturated carbocycles. The first-order valence-electron chi connectivity index (χ1n) is 7.84. The van der Waals surface area contributed by atoms with Crippen LogP contribution in [0.25, 0.3) is 10.2 Å². The van der Waals surface area contributed by atoms with Crippen LogP contribution in [-0.2, 0) is 0 Å². The van der Waals surface area contributed by atoms with Crippen molar-refractivity contribution in [1.29, 1.82) is 0 Å². The number of halogens is 2. The van der Waals surface area contributed by atoms with E-state index >= 15 is 0 Å². The van der Waals surface area contributed by atoms with Gasteiger partial charge in [0.1, 0.15) is 0 Å². The summed E-state index contributed by atoms with van der Waals surface area (Å²) in [5.41, 5.74) is 1.66. The summed E-state index contributed by atoms with van der Waals surface area (Å²) in [4.78, 5) is 17.4. The normalized spacial score (nSPS) is 11.3. The molecule has 2 heterocycles. The topological polar surface area (TPSA) is 58.7 Å². The van der Waals surface area contributed by atoms with E-state index < -0.39 is 0 Å². The smallest absolute Gasteiger partial charge is 0.316 e. The maximum Gasteiger partial charge on any atom is 0.316 e. The minimum absolute atomic E-state index is 0.198. The maximum absolute atomic E-state index is 12.9. The van der Waals surface area contributed by atoms with Gasteiger partial charge in [0.2, 0.25) is 5.13 Å². The molecular weight excluding hydrogens is 494 g/mol. The zero-order valence-corrected chi connectivity index (χ0v) is 17.7. The number of carbonyl (C=O) groups excluding carboxylic acids is 1. The minimum Gasteiger partial charge on any atom is -0.459 e. The summed E-state index contributed by atoms with van der Waals surface area (Å²) in [7, 11) is 0. The highest BCUT2D eigenvalue weighted by Crippen LogP contribution is 2.32. The van der Waals surface area contributed by atoms with Crippen LogP contribution in [-0.4, -0.2) is 17.1 Å². The lowest BCUT2D eigenvalue weighted by molar-refractivity contribution is 0.0961. The third-order valence-electron chi connectivity index (χ3n) is 3.64. The molecule has 2 aromatic heterocycles. The van der Waals surface area contributed by atoms with Crippen LogP contribution in [0.5, 0.6) is 0 Å². The van der Waals surface area contributed by atoms with E-state index in [-0.39, 0.29) is 11.7 Å². The average Bonchev–Trinajstić information content (AvgIpc) is 3.32. The molecule has 2 aromatic carbocycles. The van der Waals surface area contributed by atoms with Gasteiger partial charge < -0.3 is 4.42 Å². The van der Waals surface area contributed by atoms with E-state index in [0.29, 0.717) is 5.13 Å². The first-order chi connectivity index (χ1) is 13.1.